The van der Waals surface area contributed by atoms with Crippen LogP contribution in [0.5, 0.6) is 0 Å². The third-order valence-electron chi connectivity index (χ3n) is 4.53. The van der Waals surface area contributed by atoms with Gasteiger partial charge in [0, 0.05) is 32.4 Å². The van der Waals surface area contributed by atoms with Crippen molar-refractivity contribution in [1.82, 2.24) is 19.9 Å². The van der Waals surface area contributed by atoms with Crippen molar-refractivity contribution in [3.8, 4) is 0 Å². The maximum absolute atomic E-state index is 12.5. The maximum atomic E-state index is 12.5. The van der Waals surface area contributed by atoms with Crippen LogP contribution in [0.1, 0.15) is 5.56 Å². The van der Waals surface area contributed by atoms with Crippen LogP contribution in [0.15, 0.2) is 42.9 Å². The minimum Gasteiger partial charge on any atom is -0.352 e. The lowest BCUT2D eigenvalue weighted by Crippen LogP contribution is -2.49. The van der Waals surface area contributed by atoms with Crippen LogP contribution >= 0.6 is 11.6 Å². The maximum Gasteiger partial charge on any atom is 0.227 e. The van der Waals surface area contributed by atoms with E-state index < -0.39 is 0 Å². The molecular formula is C18H18ClN5O. The summed E-state index contributed by atoms with van der Waals surface area (Å²) in [6.07, 6.45) is 3.71. The van der Waals surface area contributed by atoms with Gasteiger partial charge in [-0.3, -0.25) is 4.79 Å². The van der Waals surface area contributed by atoms with E-state index in [9.17, 15) is 4.79 Å². The number of nitrogens with zero attached hydrogens (tertiary/aromatic N) is 4. The molecule has 0 bridgehead atoms. The van der Waals surface area contributed by atoms with Gasteiger partial charge in [-0.25, -0.2) is 9.97 Å². The Bertz CT molecular complexity index is 887. The molecule has 7 heteroatoms. The van der Waals surface area contributed by atoms with Gasteiger partial charge in [0.05, 0.1) is 16.8 Å². The summed E-state index contributed by atoms with van der Waals surface area (Å²) in [4.78, 5) is 28.2. The Balaban J connectivity index is 1.44. The molecule has 1 fully saturated rings. The molecule has 25 heavy (non-hydrogen) atoms. The highest BCUT2D eigenvalue weighted by atomic mass is 35.5. The lowest BCUT2D eigenvalue weighted by atomic mass is 10.1. The molecule has 0 spiro atoms. The first-order chi connectivity index (χ1) is 12.2. The number of halogens is 1. The molecule has 1 amide bonds. The van der Waals surface area contributed by atoms with Gasteiger partial charge in [-0.2, -0.15) is 0 Å². The largest absolute Gasteiger partial charge is 0.352 e. The van der Waals surface area contributed by atoms with Crippen molar-refractivity contribution in [2.75, 3.05) is 31.1 Å². The topological polar surface area (TPSA) is 65.1 Å². The number of nitrogens with one attached hydrogen (secondary N) is 1. The number of H-pyrrole nitrogens is 1. The van der Waals surface area contributed by atoms with E-state index in [1.165, 1.54) is 6.33 Å². The Morgan fingerprint density at radius 3 is 2.64 bits per heavy atom. The number of anilines is 1. The van der Waals surface area contributed by atoms with Gasteiger partial charge < -0.3 is 14.8 Å². The van der Waals surface area contributed by atoms with Crippen LogP contribution in [0.3, 0.4) is 0 Å². The van der Waals surface area contributed by atoms with Crippen molar-refractivity contribution >= 4 is 34.4 Å². The summed E-state index contributed by atoms with van der Waals surface area (Å²) in [5.74, 6) is 0.991. The molecule has 0 saturated carbocycles. The zero-order chi connectivity index (χ0) is 17.2. The third-order valence-corrected chi connectivity index (χ3v) is 4.83. The predicted molar refractivity (Wildman–Crippen MR) is 97.8 cm³/mol. The lowest BCUT2D eigenvalue weighted by Gasteiger charge is -2.35. The Hall–Kier alpha value is -2.60. The number of rotatable bonds is 3. The number of aromatic amines is 1. The molecule has 0 unspecified atom stereocenters. The lowest BCUT2D eigenvalue weighted by molar-refractivity contribution is -0.130. The van der Waals surface area contributed by atoms with E-state index in [-0.39, 0.29) is 5.91 Å². The molecule has 1 aliphatic heterocycles. The van der Waals surface area contributed by atoms with Crippen molar-refractivity contribution in [3.05, 3.63) is 53.4 Å². The van der Waals surface area contributed by atoms with Gasteiger partial charge in [0.2, 0.25) is 5.91 Å². The fraction of sp³-hybridized carbons (Fsp3) is 0.278. The van der Waals surface area contributed by atoms with E-state index in [2.05, 4.69) is 19.9 Å². The zero-order valence-electron chi connectivity index (χ0n) is 13.7. The number of hydrogen-bond acceptors (Lipinski definition) is 4. The fourth-order valence-electron chi connectivity index (χ4n) is 3.20. The number of benzene rings is 1. The Morgan fingerprint density at radius 2 is 1.88 bits per heavy atom. The number of hydrogen-bond donors (Lipinski definition) is 1. The van der Waals surface area contributed by atoms with E-state index in [0.29, 0.717) is 24.5 Å². The van der Waals surface area contributed by atoms with Gasteiger partial charge in [-0.15, -0.1) is 0 Å². The SMILES string of the molecule is O=C(Cc1ccccc1)N1CCN(c2ncnc3[nH]cc(Cl)c23)CC1. The van der Waals surface area contributed by atoms with Gasteiger partial charge in [-0.05, 0) is 5.56 Å². The van der Waals surface area contributed by atoms with Crippen molar-refractivity contribution < 1.29 is 4.79 Å². The third kappa shape index (κ3) is 3.17. The molecule has 1 aliphatic rings. The molecule has 0 atom stereocenters. The van der Waals surface area contributed by atoms with Crippen LogP contribution in [0.25, 0.3) is 11.0 Å². The summed E-state index contributed by atoms with van der Waals surface area (Å²) in [7, 11) is 0. The normalized spacial score (nSPS) is 14.9. The second kappa shape index (κ2) is 6.72. The molecule has 0 aliphatic carbocycles. The molecule has 2 aromatic heterocycles. The Labute approximate surface area is 150 Å². The summed E-state index contributed by atoms with van der Waals surface area (Å²) in [6.45, 7) is 2.82. The molecule has 6 nitrogen and oxygen atoms in total. The number of amides is 1. The number of fused-ring (bicyclic) bond motifs is 1. The molecule has 128 valence electrons. The molecule has 3 aromatic rings. The first kappa shape index (κ1) is 15.9. The summed E-state index contributed by atoms with van der Waals surface area (Å²) in [5, 5.41) is 1.46. The molecular weight excluding hydrogens is 338 g/mol. The molecule has 1 saturated heterocycles. The fourth-order valence-corrected chi connectivity index (χ4v) is 3.43. The van der Waals surface area contributed by atoms with E-state index in [1.54, 1.807) is 6.20 Å². The van der Waals surface area contributed by atoms with Gasteiger partial charge in [0.15, 0.2) is 0 Å². The van der Waals surface area contributed by atoms with Crippen LogP contribution in [-0.4, -0.2) is 51.9 Å². The van der Waals surface area contributed by atoms with Crippen LogP contribution in [0.2, 0.25) is 5.02 Å². The van der Waals surface area contributed by atoms with Crippen LogP contribution in [-0.2, 0) is 11.2 Å². The minimum atomic E-state index is 0.165. The molecule has 1 N–H and O–H groups in total. The summed E-state index contributed by atoms with van der Waals surface area (Å²) in [5.41, 5.74) is 1.78. The highest BCUT2D eigenvalue weighted by Gasteiger charge is 2.24. The number of aromatic nitrogens is 3. The van der Waals surface area contributed by atoms with E-state index in [0.717, 1.165) is 35.5 Å². The molecule has 3 heterocycles. The van der Waals surface area contributed by atoms with Crippen LogP contribution in [0.4, 0.5) is 5.82 Å². The second-order valence-electron chi connectivity index (χ2n) is 6.09. The van der Waals surface area contributed by atoms with Crippen molar-refractivity contribution in [2.24, 2.45) is 0 Å². The first-order valence-corrected chi connectivity index (χ1v) is 8.64. The number of carbonyl (C=O) groups is 1. The standard InChI is InChI=1S/C18H18ClN5O/c19-14-11-20-17-16(14)18(22-12-21-17)24-8-6-23(7-9-24)15(25)10-13-4-2-1-3-5-13/h1-5,11-12H,6-10H2,(H,20,21,22). The van der Waals surface area contributed by atoms with Gasteiger partial charge in [-0.1, -0.05) is 41.9 Å². The molecule has 4 rings (SSSR count). The smallest absolute Gasteiger partial charge is 0.227 e. The van der Waals surface area contributed by atoms with Gasteiger partial charge in [0.25, 0.3) is 0 Å². The van der Waals surface area contributed by atoms with E-state index in [4.69, 9.17) is 11.6 Å². The Morgan fingerprint density at radius 1 is 1.12 bits per heavy atom. The summed E-state index contributed by atoms with van der Waals surface area (Å²) < 4.78 is 0. The predicted octanol–water partition coefficient (Wildman–Crippen LogP) is 2.50. The second-order valence-corrected chi connectivity index (χ2v) is 6.49. The first-order valence-electron chi connectivity index (χ1n) is 8.26. The minimum absolute atomic E-state index is 0.165. The van der Waals surface area contributed by atoms with Gasteiger partial charge in [0.1, 0.15) is 17.8 Å². The highest BCUT2D eigenvalue weighted by Crippen LogP contribution is 2.30. The van der Waals surface area contributed by atoms with E-state index >= 15 is 0 Å². The zero-order valence-corrected chi connectivity index (χ0v) is 14.4. The van der Waals surface area contributed by atoms with Crippen molar-refractivity contribution in [2.45, 2.75) is 6.42 Å². The number of carbonyl (C=O) groups excluding carboxylic acids is 1. The summed E-state index contributed by atoms with van der Waals surface area (Å²) >= 11 is 6.26. The monoisotopic (exact) mass is 355 g/mol. The Kier molecular flexibility index (Phi) is 4.28. The average Bonchev–Trinajstić information content (AvgIpc) is 3.04. The molecule has 1 aromatic carbocycles. The van der Waals surface area contributed by atoms with Crippen LogP contribution < -0.4 is 4.90 Å². The van der Waals surface area contributed by atoms with E-state index in [1.807, 2.05) is 35.2 Å². The van der Waals surface area contributed by atoms with Crippen molar-refractivity contribution in [1.29, 1.82) is 0 Å². The quantitative estimate of drug-likeness (QED) is 0.784. The van der Waals surface area contributed by atoms with Gasteiger partial charge >= 0.3 is 0 Å². The number of piperazine rings is 1. The summed E-state index contributed by atoms with van der Waals surface area (Å²) in [6, 6.07) is 9.85. The molecule has 0 radical (unpaired) electrons. The highest BCUT2D eigenvalue weighted by molar-refractivity contribution is 6.36. The average molecular weight is 356 g/mol. The van der Waals surface area contributed by atoms with Crippen molar-refractivity contribution in [3.63, 3.8) is 0 Å². The van der Waals surface area contributed by atoms with Crippen LogP contribution in [0, 0.1) is 0 Å².